The second-order valence-corrected chi connectivity index (χ2v) is 12.9. The Labute approximate surface area is 281 Å². The van der Waals surface area contributed by atoms with Gasteiger partial charge in [0.1, 0.15) is 11.2 Å². The molecule has 2 heterocycles. The van der Waals surface area contributed by atoms with Crippen LogP contribution in [0.2, 0.25) is 0 Å². The van der Waals surface area contributed by atoms with E-state index in [2.05, 4.69) is 138 Å². The van der Waals surface area contributed by atoms with Gasteiger partial charge in [0.2, 0.25) is 11.8 Å². The molecular formula is C45H26N2O2. The summed E-state index contributed by atoms with van der Waals surface area (Å²) in [4.78, 5) is 0. The molecule has 228 valence electrons. The third-order valence-electron chi connectivity index (χ3n) is 10.5. The smallest absolute Gasteiger partial charge is 0.248 e. The number of furan rings is 1. The molecule has 0 fully saturated rings. The van der Waals surface area contributed by atoms with Gasteiger partial charge in [-0.15, -0.1) is 10.2 Å². The zero-order valence-electron chi connectivity index (χ0n) is 26.2. The highest BCUT2D eigenvalue weighted by atomic mass is 16.4. The molecule has 2 aromatic heterocycles. The van der Waals surface area contributed by atoms with E-state index in [0.717, 1.165) is 44.2 Å². The summed E-state index contributed by atoms with van der Waals surface area (Å²) in [7, 11) is 0. The van der Waals surface area contributed by atoms with Crippen LogP contribution in [-0.4, -0.2) is 10.2 Å². The van der Waals surface area contributed by atoms with Crippen molar-refractivity contribution in [1.82, 2.24) is 10.2 Å². The van der Waals surface area contributed by atoms with Gasteiger partial charge in [0, 0.05) is 27.5 Å². The van der Waals surface area contributed by atoms with Gasteiger partial charge in [-0.25, -0.2) is 0 Å². The lowest BCUT2D eigenvalue weighted by Crippen LogP contribution is -2.25. The van der Waals surface area contributed by atoms with Crippen molar-refractivity contribution in [3.63, 3.8) is 0 Å². The van der Waals surface area contributed by atoms with E-state index in [-0.39, 0.29) is 0 Å². The molecule has 11 rings (SSSR count). The summed E-state index contributed by atoms with van der Waals surface area (Å²) in [5.74, 6) is 0.984. The molecule has 0 amide bonds. The summed E-state index contributed by atoms with van der Waals surface area (Å²) in [6.45, 7) is 0. The number of hydrogen-bond donors (Lipinski definition) is 0. The molecule has 0 N–H and O–H groups in total. The quantitative estimate of drug-likeness (QED) is 0.196. The highest BCUT2D eigenvalue weighted by Gasteiger charge is 2.51. The van der Waals surface area contributed by atoms with Crippen molar-refractivity contribution in [1.29, 1.82) is 0 Å². The summed E-state index contributed by atoms with van der Waals surface area (Å²) < 4.78 is 12.7. The van der Waals surface area contributed by atoms with E-state index in [1.807, 2.05) is 30.3 Å². The van der Waals surface area contributed by atoms with E-state index in [0.29, 0.717) is 11.8 Å². The number of aromatic nitrogens is 2. The van der Waals surface area contributed by atoms with E-state index < -0.39 is 5.41 Å². The molecule has 0 atom stereocenters. The Morgan fingerprint density at radius 1 is 0.367 bits per heavy atom. The highest BCUT2D eigenvalue weighted by molar-refractivity contribution is 6.09. The molecule has 9 aromatic rings. The fraction of sp³-hybridized carbons (Fsp3) is 0.0222. The van der Waals surface area contributed by atoms with Gasteiger partial charge in [-0.05, 0) is 80.4 Å². The van der Waals surface area contributed by atoms with Gasteiger partial charge in [-0.2, -0.15) is 0 Å². The lowest BCUT2D eigenvalue weighted by Gasteiger charge is -2.30. The maximum Gasteiger partial charge on any atom is 0.248 e. The van der Waals surface area contributed by atoms with Crippen molar-refractivity contribution in [2.24, 2.45) is 0 Å². The number of rotatable bonds is 3. The fourth-order valence-electron chi connectivity index (χ4n) is 8.45. The van der Waals surface area contributed by atoms with Crippen LogP contribution in [0.5, 0.6) is 0 Å². The molecule has 2 aliphatic rings. The van der Waals surface area contributed by atoms with Crippen LogP contribution in [0.1, 0.15) is 22.3 Å². The zero-order chi connectivity index (χ0) is 32.1. The van der Waals surface area contributed by atoms with Gasteiger partial charge in [-0.1, -0.05) is 127 Å². The minimum atomic E-state index is -0.420. The van der Waals surface area contributed by atoms with E-state index in [9.17, 15) is 0 Å². The van der Waals surface area contributed by atoms with Crippen molar-refractivity contribution >= 4 is 21.9 Å². The molecule has 7 aromatic carbocycles. The minimum absolute atomic E-state index is 0.420. The lowest BCUT2D eigenvalue weighted by molar-refractivity contribution is 0.584. The van der Waals surface area contributed by atoms with E-state index >= 15 is 0 Å². The van der Waals surface area contributed by atoms with Crippen molar-refractivity contribution in [2.75, 3.05) is 0 Å². The molecule has 0 unspecified atom stereocenters. The lowest BCUT2D eigenvalue weighted by atomic mass is 9.70. The molecule has 4 heteroatoms. The van der Waals surface area contributed by atoms with Crippen molar-refractivity contribution in [2.45, 2.75) is 5.41 Å². The first kappa shape index (κ1) is 26.5. The van der Waals surface area contributed by atoms with Crippen molar-refractivity contribution < 1.29 is 8.83 Å². The van der Waals surface area contributed by atoms with E-state index in [4.69, 9.17) is 8.83 Å². The minimum Gasteiger partial charge on any atom is -0.455 e. The molecule has 0 radical (unpaired) electrons. The summed E-state index contributed by atoms with van der Waals surface area (Å²) in [6.07, 6.45) is 0. The SMILES string of the molecule is c1ccc2c(c1)-c1ccccc1C21c2ccccc2-c2ccc(-c3nnc(-c4ccc(-c5cccc6c5oc5ccccc56)cc4)o3)cc21. The summed E-state index contributed by atoms with van der Waals surface area (Å²) in [5.41, 5.74) is 15.5. The topological polar surface area (TPSA) is 52.1 Å². The van der Waals surface area contributed by atoms with Crippen LogP contribution in [0.4, 0.5) is 0 Å². The number of hydrogen-bond acceptors (Lipinski definition) is 4. The van der Waals surface area contributed by atoms with E-state index in [1.165, 1.54) is 44.5 Å². The second-order valence-electron chi connectivity index (χ2n) is 12.9. The molecule has 49 heavy (non-hydrogen) atoms. The van der Waals surface area contributed by atoms with Crippen molar-refractivity contribution in [3.8, 4) is 56.3 Å². The molecular weight excluding hydrogens is 601 g/mol. The van der Waals surface area contributed by atoms with E-state index in [1.54, 1.807) is 0 Å². The van der Waals surface area contributed by atoms with Crippen LogP contribution in [0.25, 0.3) is 78.2 Å². The average Bonchev–Trinajstić information content (AvgIpc) is 3.94. The molecule has 0 saturated heterocycles. The standard InChI is InChI=1S/C45H26N2O2/c1-5-16-37-31(10-1)32-11-2-6-17-38(32)45(37)39-18-7-3-12-33(39)34-25-24-29(26-40(34)45)44-47-46-43(49-44)28-22-20-27(21-23-28)30-14-9-15-36-35-13-4-8-19-41(35)48-42(30)36/h1-26H. The summed E-state index contributed by atoms with van der Waals surface area (Å²) in [6, 6.07) is 55.8. The maximum absolute atomic E-state index is 6.40. The molecule has 2 aliphatic carbocycles. The van der Waals surface area contributed by atoms with Crippen LogP contribution < -0.4 is 0 Å². The van der Waals surface area contributed by atoms with Crippen LogP contribution >= 0.6 is 0 Å². The second kappa shape index (κ2) is 9.75. The molecule has 0 bridgehead atoms. The van der Waals surface area contributed by atoms with Gasteiger partial charge < -0.3 is 8.83 Å². The molecule has 1 spiro atoms. The normalized spacial score (nSPS) is 13.5. The first-order valence-corrected chi connectivity index (χ1v) is 16.6. The largest absolute Gasteiger partial charge is 0.455 e. The number of benzene rings is 7. The zero-order valence-corrected chi connectivity index (χ0v) is 26.2. The van der Waals surface area contributed by atoms with Crippen LogP contribution in [0, 0.1) is 0 Å². The van der Waals surface area contributed by atoms with Crippen molar-refractivity contribution in [3.05, 3.63) is 180 Å². The monoisotopic (exact) mass is 626 g/mol. The third kappa shape index (κ3) is 3.52. The molecule has 0 aliphatic heterocycles. The number of fused-ring (bicyclic) bond motifs is 13. The Bertz CT molecular complexity index is 2720. The molecule has 0 saturated carbocycles. The Hall–Kier alpha value is -6.52. The summed E-state index contributed by atoms with van der Waals surface area (Å²) >= 11 is 0. The molecule has 4 nitrogen and oxygen atoms in total. The van der Waals surface area contributed by atoms with Gasteiger partial charge in [0.15, 0.2) is 0 Å². The fourth-order valence-corrected chi connectivity index (χ4v) is 8.45. The Kier molecular flexibility index (Phi) is 5.28. The average molecular weight is 627 g/mol. The highest BCUT2D eigenvalue weighted by Crippen LogP contribution is 2.63. The van der Waals surface area contributed by atoms with Gasteiger partial charge in [0.25, 0.3) is 0 Å². The predicted octanol–water partition coefficient (Wildman–Crippen LogP) is 11.3. The first-order valence-electron chi connectivity index (χ1n) is 16.6. The first-order chi connectivity index (χ1) is 24.3. The van der Waals surface area contributed by atoms with Gasteiger partial charge >= 0.3 is 0 Å². The predicted molar refractivity (Wildman–Crippen MR) is 194 cm³/mol. The Morgan fingerprint density at radius 2 is 0.878 bits per heavy atom. The van der Waals surface area contributed by atoms with Gasteiger partial charge in [-0.3, -0.25) is 0 Å². The maximum atomic E-state index is 6.40. The third-order valence-corrected chi connectivity index (χ3v) is 10.5. The van der Waals surface area contributed by atoms with Gasteiger partial charge in [0.05, 0.1) is 5.41 Å². The summed E-state index contributed by atoms with van der Waals surface area (Å²) in [5, 5.41) is 11.3. The van der Waals surface area contributed by atoms with Crippen LogP contribution in [0.15, 0.2) is 167 Å². The Morgan fingerprint density at radius 3 is 1.57 bits per heavy atom. The van der Waals surface area contributed by atoms with Crippen LogP contribution in [-0.2, 0) is 5.41 Å². The van der Waals surface area contributed by atoms with Crippen LogP contribution in [0.3, 0.4) is 0 Å². The Balaban J connectivity index is 1.00. The number of para-hydroxylation sites is 2. The number of nitrogens with zero attached hydrogens (tertiary/aromatic N) is 2.